The maximum atomic E-state index is 11.6. The fraction of sp³-hybridized carbons (Fsp3) is 0.667. The minimum absolute atomic E-state index is 0.130. The summed E-state index contributed by atoms with van der Waals surface area (Å²) in [5.74, 6) is 0.240. The Morgan fingerprint density at radius 2 is 2.20 bits per heavy atom. The van der Waals surface area contributed by atoms with E-state index in [0.29, 0.717) is 10.9 Å². The molecule has 4 nitrogen and oxygen atoms in total. The molecule has 0 aliphatic rings. The fourth-order valence-electron chi connectivity index (χ4n) is 1.06. The molecule has 0 saturated carbocycles. The second-order valence-corrected chi connectivity index (χ2v) is 5.07. The monoisotopic (exact) mass is 247 g/mol. The van der Waals surface area contributed by atoms with Gasteiger partial charge >= 0.3 is 0 Å². The summed E-state index contributed by atoms with van der Waals surface area (Å²) in [6, 6.07) is 0.130. The Labute approximate surface area is 98.0 Å². The van der Waals surface area contributed by atoms with Gasteiger partial charge in [-0.3, -0.25) is 4.79 Å². The van der Waals surface area contributed by atoms with Crippen LogP contribution in [0.3, 0.4) is 0 Å². The predicted octanol–water partition coefficient (Wildman–Crippen LogP) is 2.36. The molecule has 0 radical (unpaired) electrons. The molecule has 0 spiro atoms. The lowest BCUT2D eigenvalue weighted by Gasteiger charge is -2.18. The zero-order chi connectivity index (χ0) is 11.4. The molecule has 2 atom stereocenters. The molecule has 2 unspecified atom stereocenters. The molecule has 84 valence electrons. The third-order valence-electron chi connectivity index (χ3n) is 2.45. The highest BCUT2D eigenvalue weighted by Gasteiger charge is 2.17. The average Bonchev–Trinajstić information content (AvgIpc) is 2.63. The van der Waals surface area contributed by atoms with Crippen molar-refractivity contribution in [3.63, 3.8) is 0 Å². The second kappa shape index (κ2) is 5.42. The van der Waals surface area contributed by atoms with Crippen molar-refractivity contribution in [1.29, 1.82) is 0 Å². The van der Waals surface area contributed by atoms with Gasteiger partial charge in [-0.25, -0.2) is 0 Å². The minimum Gasteiger partial charge on any atom is -0.347 e. The molecule has 0 aliphatic heterocycles. The van der Waals surface area contributed by atoms with Crippen molar-refractivity contribution in [3.8, 4) is 0 Å². The van der Waals surface area contributed by atoms with Gasteiger partial charge in [0.15, 0.2) is 0 Å². The number of nitrogens with one attached hydrogen (secondary N) is 1. The molecule has 0 bridgehead atoms. The predicted molar refractivity (Wildman–Crippen MR) is 61.3 cm³/mol. The van der Waals surface area contributed by atoms with Crippen LogP contribution in [0, 0.1) is 5.92 Å². The van der Waals surface area contributed by atoms with Crippen LogP contribution in [0.2, 0.25) is 4.47 Å². The standard InChI is InChI=1S/C9H14ClN3OS/c1-4-5(2)6(3)11-7(14)8-12-13-9(10)15-8/h5-6H,4H2,1-3H3,(H,11,14). The Morgan fingerprint density at radius 3 is 2.67 bits per heavy atom. The van der Waals surface area contributed by atoms with E-state index in [2.05, 4.69) is 29.4 Å². The van der Waals surface area contributed by atoms with E-state index in [1.165, 1.54) is 0 Å². The zero-order valence-electron chi connectivity index (χ0n) is 8.95. The molecule has 1 rings (SSSR count). The van der Waals surface area contributed by atoms with Gasteiger partial charge in [0.1, 0.15) is 0 Å². The van der Waals surface area contributed by atoms with Crippen LogP contribution in [0.4, 0.5) is 0 Å². The summed E-state index contributed by atoms with van der Waals surface area (Å²) in [7, 11) is 0. The number of hydrogen-bond acceptors (Lipinski definition) is 4. The van der Waals surface area contributed by atoms with Crippen LogP contribution in [0.15, 0.2) is 0 Å². The Hall–Kier alpha value is -0.680. The molecule has 6 heteroatoms. The highest BCUT2D eigenvalue weighted by atomic mass is 35.5. The molecule has 1 N–H and O–H groups in total. The van der Waals surface area contributed by atoms with Gasteiger partial charge in [0, 0.05) is 6.04 Å². The summed E-state index contributed by atoms with van der Waals surface area (Å²) >= 11 is 6.68. The molecule has 0 aromatic carbocycles. The van der Waals surface area contributed by atoms with Crippen LogP contribution in [-0.4, -0.2) is 22.1 Å². The van der Waals surface area contributed by atoms with E-state index in [4.69, 9.17) is 11.6 Å². The summed E-state index contributed by atoms with van der Waals surface area (Å²) < 4.78 is 0.288. The van der Waals surface area contributed by atoms with E-state index in [1.54, 1.807) is 0 Å². The average molecular weight is 248 g/mol. The molecule has 1 aromatic rings. The van der Waals surface area contributed by atoms with Gasteiger partial charge in [-0.1, -0.05) is 31.6 Å². The van der Waals surface area contributed by atoms with E-state index in [1.807, 2.05) is 6.92 Å². The van der Waals surface area contributed by atoms with E-state index in [-0.39, 0.29) is 16.4 Å². The van der Waals surface area contributed by atoms with Crippen molar-refractivity contribution in [1.82, 2.24) is 15.5 Å². The number of hydrogen-bond donors (Lipinski definition) is 1. The molecule has 0 aliphatic carbocycles. The van der Waals surface area contributed by atoms with Gasteiger partial charge in [0.05, 0.1) is 0 Å². The van der Waals surface area contributed by atoms with Gasteiger partial charge in [0.25, 0.3) is 5.91 Å². The van der Waals surface area contributed by atoms with Gasteiger partial charge in [-0.15, -0.1) is 10.2 Å². The topological polar surface area (TPSA) is 54.9 Å². The zero-order valence-corrected chi connectivity index (χ0v) is 10.5. The first kappa shape index (κ1) is 12.4. The van der Waals surface area contributed by atoms with E-state index < -0.39 is 0 Å². The largest absolute Gasteiger partial charge is 0.347 e. The van der Waals surface area contributed by atoms with Crippen LogP contribution in [-0.2, 0) is 0 Å². The molecule has 0 saturated heterocycles. The van der Waals surface area contributed by atoms with Gasteiger partial charge < -0.3 is 5.32 Å². The van der Waals surface area contributed by atoms with E-state index in [9.17, 15) is 4.79 Å². The fourth-order valence-corrected chi connectivity index (χ4v) is 1.79. The van der Waals surface area contributed by atoms with E-state index >= 15 is 0 Å². The van der Waals surface area contributed by atoms with Gasteiger partial charge in [-0.2, -0.15) is 0 Å². The Kier molecular flexibility index (Phi) is 4.47. The number of rotatable bonds is 4. The van der Waals surface area contributed by atoms with Crippen molar-refractivity contribution in [3.05, 3.63) is 9.47 Å². The molecule has 1 amide bonds. The number of aromatic nitrogens is 2. The number of nitrogens with zero attached hydrogens (tertiary/aromatic N) is 2. The third-order valence-corrected chi connectivity index (χ3v) is 3.47. The van der Waals surface area contributed by atoms with Crippen molar-refractivity contribution in [2.75, 3.05) is 0 Å². The van der Waals surface area contributed by atoms with Crippen molar-refractivity contribution >= 4 is 28.8 Å². The van der Waals surface area contributed by atoms with Crippen molar-refractivity contribution in [2.24, 2.45) is 5.92 Å². The first-order valence-electron chi connectivity index (χ1n) is 4.84. The number of carbonyl (C=O) groups excluding carboxylic acids is 1. The van der Waals surface area contributed by atoms with E-state index in [0.717, 1.165) is 17.8 Å². The number of halogens is 1. The lowest BCUT2D eigenvalue weighted by Crippen LogP contribution is -2.36. The first-order valence-corrected chi connectivity index (χ1v) is 6.04. The molecule has 0 fully saturated rings. The van der Waals surface area contributed by atoms with Crippen LogP contribution < -0.4 is 5.32 Å². The highest BCUT2D eigenvalue weighted by molar-refractivity contribution is 7.17. The van der Waals surface area contributed by atoms with Crippen LogP contribution in [0.1, 0.15) is 37.0 Å². The summed E-state index contributed by atoms with van der Waals surface area (Å²) in [4.78, 5) is 11.6. The maximum absolute atomic E-state index is 11.6. The summed E-state index contributed by atoms with van der Waals surface area (Å²) in [5.41, 5.74) is 0. The number of amides is 1. The highest BCUT2D eigenvalue weighted by Crippen LogP contribution is 2.15. The summed E-state index contributed by atoms with van der Waals surface area (Å²) in [6.07, 6.45) is 1.03. The summed E-state index contributed by atoms with van der Waals surface area (Å²) in [6.45, 7) is 6.17. The molecule has 15 heavy (non-hydrogen) atoms. The van der Waals surface area contributed by atoms with Crippen LogP contribution in [0.5, 0.6) is 0 Å². The van der Waals surface area contributed by atoms with Crippen molar-refractivity contribution < 1.29 is 4.79 Å². The smallest absolute Gasteiger partial charge is 0.282 e. The van der Waals surface area contributed by atoms with Gasteiger partial charge in [-0.05, 0) is 24.4 Å². The van der Waals surface area contributed by atoms with Crippen molar-refractivity contribution in [2.45, 2.75) is 33.2 Å². The lowest BCUT2D eigenvalue weighted by molar-refractivity contribution is 0.0927. The molecule has 1 aromatic heterocycles. The molecular formula is C9H14ClN3OS. The second-order valence-electron chi connectivity index (χ2n) is 3.51. The quantitative estimate of drug-likeness (QED) is 0.889. The van der Waals surface area contributed by atoms with Crippen LogP contribution in [0.25, 0.3) is 0 Å². The Morgan fingerprint density at radius 1 is 1.53 bits per heavy atom. The minimum atomic E-state index is -0.202. The number of carbonyl (C=O) groups is 1. The lowest BCUT2D eigenvalue weighted by atomic mass is 10.0. The first-order chi connectivity index (χ1) is 7.04. The van der Waals surface area contributed by atoms with Gasteiger partial charge in [0.2, 0.25) is 9.47 Å². The SMILES string of the molecule is CCC(C)C(C)NC(=O)c1nnc(Cl)s1. The maximum Gasteiger partial charge on any atom is 0.282 e. The molecule has 1 heterocycles. The summed E-state index contributed by atoms with van der Waals surface area (Å²) in [5, 5.41) is 10.4. The Bertz CT molecular complexity index is 342. The van der Waals surface area contributed by atoms with Crippen LogP contribution >= 0.6 is 22.9 Å². The normalized spacial score (nSPS) is 14.7. The third kappa shape index (κ3) is 3.43. The molecular weight excluding hydrogens is 234 g/mol. The Balaban J connectivity index is 2.56.